The van der Waals surface area contributed by atoms with Gasteiger partial charge in [-0.2, -0.15) is 0 Å². The number of hydrogen-bond acceptors (Lipinski definition) is 2. The largest absolute Gasteiger partial charge is 0.505 e. The third-order valence-corrected chi connectivity index (χ3v) is 4.14. The highest BCUT2D eigenvalue weighted by Crippen LogP contribution is 2.36. The molecule has 0 spiro atoms. The molecule has 0 aromatic heterocycles. The Bertz CT molecular complexity index is 578. The minimum atomic E-state index is -0.0874. The Morgan fingerprint density at radius 3 is 2.20 bits per heavy atom. The van der Waals surface area contributed by atoms with E-state index in [1.165, 1.54) is 5.56 Å². The maximum absolute atomic E-state index is 9.57. The molecule has 0 saturated carbocycles. The summed E-state index contributed by atoms with van der Waals surface area (Å²) in [5.74, 6) is -0.0874. The Morgan fingerprint density at radius 2 is 1.70 bits per heavy atom. The van der Waals surface area contributed by atoms with Gasteiger partial charge in [-0.15, -0.1) is 0 Å². The lowest BCUT2D eigenvalue weighted by Gasteiger charge is -2.19. The van der Waals surface area contributed by atoms with E-state index < -0.39 is 0 Å². The van der Waals surface area contributed by atoms with E-state index in [-0.39, 0.29) is 21.8 Å². The highest BCUT2D eigenvalue weighted by molar-refractivity contribution is 9.10. The van der Waals surface area contributed by atoms with Crippen LogP contribution in [0.1, 0.15) is 24.9 Å². The minimum Gasteiger partial charge on any atom is -0.505 e. The maximum Gasteiger partial charge on any atom is 0.152 e. The summed E-state index contributed by atoms with van der Waals surface area (Å²) >= 11 is 15.3. The van der Waals surface area contributed by atoms with Gasteiger partial charge in [0.1, 0.15) is 0 Å². The van der Waals surface area contributed by atoms with Crippen molar-refractivity contribution in [2.75, 3.05) is 5.32 Å². The third-order valence-electron chi connectivity index (χ3n) is 3.04. The summed E-state index contributed by atoms with van der Waals surface area (Å²) in [6.07, 6.45) is 0.914. The van der Waals surface area contributed by atoms with E-state index in [9.17, 15) is 5.11 Å². The van der Waals surface area contributed by atoms with Gasteiger partial charge in [0.2, 0.25) is 0 Å². The van der Waals surface area contributed by atoms with Crippen LogP contribution in [0.4, 0.5) is 5.69 Å². The minimum absolute atomic E-state index is 0.0874. The molecule has 0 radical (unpaired) electrons. The number of phenols is 1. The lowest BCUT2D eigenvalue weighted by atomic mass is 10.0. The van der Waals surface area contributed by atoms with Crippen LogP contribution in [0.5, 0.6) is 5.75 Å². The average Bonchev–Trinajstić information content (AvgIpc) is 2.43. The van der Waals surface area contributed by atoms with Gasteiger partial charge in [-0.25, -0.2) is 0 Å². The number of nitrogens with one attached hydrogen (secondary N) is 1. The molecule has 1 atom stereocenters. The van der Waals surface area contributed by atoms with Gasteiger partial charge < -0.3 is 10.4 Å². The fourth-order valence-corrected chi connectivity index (χ4v) is 2.72. The topological polar surface area (TPSA) is 32.3 Å². The number of hydrogen-bond donors (Lipinski definition) is 2. The van der Waals surface area contributed by atoms with E-state index in [1.54, 1.807) is 12.1 Å². The summed E-state index contributed by atoms with van der Waals surface area (Å²) in [7, 11) is 0. The molecule has 0 bridgehead atoms. The Hall–Kier alpha value is -0.900. The lowest BCUT2D eigenvalue weighted by molar-refractivity contribution is 0.476. The maximum atomic E-state index is 9.57. The van der Waals surface area contributed by atoms with Gasteiger partial charge in [0, 0.05) is 10.2 Å². The molecular weight excluding hydrogens is 361 g/mol. The second-order valence-corrected chi connectivity index (χ2v) is 6.18. The number of phenolic OH excluding ortho intramolecular Hbond substituents is 1. The quantitative estimate of drug-likeness (QED) is 0.640. The van der Waals surface area contributed by atoms with Crippen molar-refractivity contribution in [1.82, 2.24) is 0 Å². The molecule has 2 aromatic carbocycles. The molecule has 1 unspecified atom stereocenters. The first-order chi connectivity index (χ1) is 9.51. The Morgan fingerprint density at radius 1 is 1.15 bits per heavy atom. The van der Waals surface area contributed by atoms with Gasteiger partial charge in [0.05, 0.1) is 16.1 Å². The summed E-state index contributed by atoms with van der Waals surface area (Å²) in [5.41, 5.74) is 1.96. The monoisotopic (exact) mass is 373 g/mol. The van der Waals surface area contributed by atoms with Crippen molar-refractivity contribution < 1.29 is 5.11 Å². The summed E-state index contributed by atoms with van der Waals surface area (Å²) in [6.45, 7) is 2.10. The molecular formula is C15H14BrCl2NO. The van der Waals surface area contributed by atoms with Crippen LogP contribution in [0.15, 0.2) is 40.9 Å². The summed E-state index contributed by atoms with van der Waals surface area (Å²) in [5, 5.41) is 13.4. The summed E-state index contributed by atoms with van der Waals surface area (Å²) < 4.78 is 1.05. The van der Waals surface area contributed by atoms with Crippen LogP contribution >= 0.6 is 39.1 Å². The third kappa shape index (κ3) is 3.60. The smallest absolute Gasteiger partial charge is 0.152 e. The van der Waals surface area contributed by atoms with Crippen molar-refractivity contribution in [3.63, 3.8) is 0 Å². The van der Waals surface area contributed by atoms with E-state index >= 15 is 0 Å². The van der Waals surface area contributed by atoms with E-state index in [4.69, 9.17) is 23.2 Å². The van der Waals surface area contributed by atoms with Gasteiger partial charge in [-0.3, -0.25) is 0 Å². The van der Waals surface area contributed by atoms with Crippen molar-refractivity contribution in [2.45, 2.75) is 19.4 Å². The standard InChI is InChI=1S/C15H14BrCl2NO/c1-2-14(9-3-5-10(16)6-4-9)19-11-7-12(17)15(20)13(18)8-11/h3-8,14,19-20H,2H2,1H3. The van der Waals surface area contributed by atoms with E-state index in [0.29, 0.717) is 0 Å². The molecule has 0 saturated heterocycles. The molecule has 0 fully saturated rings. The number of aromatic hydroxyl groups is 1. The van der Waals surface area contributed by atoms with Crippen molar-refractivity contribution in [2.24, 2.45) is 0 Å². The zero-order valence-corrected chi connectivity index (χ0v) is 13.9. The first kappa shape index (κ1) is 15.5. The first-order valence-electron chi connectivity index (χ1n) is 6.21. The molecule has 2 nitrogen and oxygen atoms in total. The van der Waals surface area contributed by atoms with Gasteiger partial charge in [0.15, 0.2) is 5.75 Å². The van der Waals surface area contributed by atoms with Crippen molar-refractivity contribution in [3.05, 3.63) is 56.5 Å². The van der Waals surface area contributed by atoms with Crippen LogP contribution in [0.3, 0.4) is 0 Å². The van der Waals surface area contributed by atoms with E-state index in [2.05, 4.69) is 40.3 Å². The summed E-state index contributed by atoms with van der Waals surface area (Å²) in [4.78, 5) is 0. The van der Waals surface area contributed by atoms with E-state index in [1.807, 2.05) is 12.1 Å². The molecule has 0 heterocycles. The molecule has 2 rings (SSSR count). The highest BCUT2D eigenvalue weighted by Gasteiger charge is 2.12. The molecule has 2 N–H and O–H groups in total. The fraction of sp³-hybridized carbons (Fsp3) is 0.200. The predicted octanol–water partition coefficient (Wildman–Crippen LogP) is 6.02. The predicted molar refractivity (Wildman–Crippen MR) is 88.9 cm³/mol. The van der Waals surface area contributed by atoms with Crippen molar-refractivity contribution in [3.8, 4) is 5.75 Å². The number of halogens is 3. The molecule has 5 heteroatoms. The molecule has 0 amide bonds. The van der Waals surface area contributed by atoms with Crippen LogP contribution in [-0.4, -0.2) is 5.11 Å². The van der Waals surface area contributed by atoms with Crippen LogP contribution in [0.2, 0.25) is 10.0 Å². The molecule has 2 aromatic rings. The zero-order chi connectivity index (χ0) is 14.7. The normalized spacial score (nSPS) is 12.2. The van der Waals surface area contributed by atoms with Crippen LogP contribution in [0, 0.1) is 0 Å². The highest BCUT2D eigenvalue weighted by atomic mass is 79.9. The summed E-state index contributed by atoms with van der Waals surface area (Å²) in [6, 6.07) is 11.6. The van der Waals surface area contributed by atoms with Crippen molar-refractivity contribution in [1.29, 1.82) is 0 Å². The van der Waals surface area contributed by atoms with Crippen LogP contribution in [-0.2, 0) is 0 Å². The molecule has 106 valence electrons. The van der Waals surface area contributed by atoms with Crippen LogP contribution in [0.25, 0.3) is 0 Å². The SMILES string of the molecule is CCC(Nc1cc(Cl)c(O)c(Cl)c1)c1ccc(Br)cc1. The molecule has 0 aliphatic rings. The molecule has 20 heavy (non-hydrogen) atoms. The molecule has 0 aliphatic carbocycles. The number of rotatable bonds is 4. The lowest BCUT2D eigenvalue weighted by Crippen LogP contribution is -2.09. The Kier molecular flexibility index (Phi) is 5.19. The van der Waals surface area contributed by atoms with Crippen molar-refractivity contribution >= 4 is 44.8 Å². The number of anilines is 1. The van der Waals surface area contributed by atoms with Gasteiger partial charge in [-0.05, 0) is 36.2 Å². The first-order valence-corrected chi connectivity index (χ1v) is 7.76. The second kappa shape index (κ2) is 6.70. The number of benzene rings is 2. The van der Waals surface area contributed by atoms with Gasteiger partial charge >= 0.3 is 0 Å². The second-order valence-electron chi connectivity index (χ2n) is 4.45. The Labute approximate surface area is 136 Å². The van der Waals surface area contributed by atoms with Gasteiger partial charge in [-0.1, -0.05) is 58.2 Å². The van der Waals surface area contributed by atoms with E-state index in [0.717, 1.165) is 16.6 Å². The van der Waals surface area contributed by atoms with Crippen LogP contribution < -0.4 is 5.32 Å². The Balaban J connectivity index is 2.24. The van der Waals surface area contributed by atoms with Gasteiger partial charge in [0.25, 0.3) is 0 Å². The zero-order valence-electron chi connectivity index (χ0n) is 10.8. The fourth-order valence-electron chi connectivity index (χ4n) is 1.97. The average molecular weight is 375 g/mol. The molecule has 0 aliphatic heterocycles.